The molecular formula is C15H17N3O. The highest BCUT2D eigenvalue weighted by molar-refractivity contribution is 5.71. The van der Waals surface area contributed by atoms with E-state index in [1.54, 1.807) is 0 Å². The Hall–Kier alpha value is -1.81. The lowest BCUT2D eigenvalue weighted by Gasteiger charge is -2.06. The number of benzene rings is 1. The fourth-order valence-electron chi connectivity index (χ4n) is 3.21. The van der Waals surface area contributed by atoms with E-state index in [1.807, 2.05) is 0 Å². The summed E-state index contributed by atoms with van der Waals surface area (Å²) in [5.41, 5.74) is 12.0. The highest BCUT2D eigenvalue weighted by Gasteiger charge is 2.23. The lowest BCUT2D eigenvalue weighted by atomic mass is 9.98. The summed E-state index contributed by atoms with van der Waals surface area (Å²) in [6, 6.07) is 6.47. The molecule has 0 atom stereocenters. The molecule has 0 unspecified atom stereocenters. The standard InChI is InChI=1S/C15H17N3O/c16-9-12-15(13-2-1-6-18(13)17-12)11-3-4-14-10(8-11)5-7-19-14/h3-4,8H,1-2,5-7,9,16H2. The maximum absolute atomic E-state index is 5.86. The molecule has 2 aliphatic heterocycles. The molecule has 0 bridgehead atoms. The highest BCUT2D eigenvalue weighted by Crippen LogP contribution is 2.35. The van der Waals surface area contributed by atoms with Crippen LogP contribution >= 0.6 is 0 Å². The van der Waals surface area contributed by atoms with Crippen LogP contribution in [0.25, 0.3) is 11.1 Å². The van der Waals surface area contributed by atoms with E-state index in [4.69, 9.17) is 10.5 Å². The van der Waals surface area contributed by atoms with Gasteiger partial charge in [0.25, 0.3) is 0 Å². The minimum atomic E-state index is 0.503. The average Bonchev–Trinajstić information content (AvgIpc) is 3.11. The molecule has 0 radical (unpaired) electrons. The summed E-state index contributed by atoms with van der Waals surface area (Å²) in [6.45, 7) is 2.33. The normalized spacial score (nSPS) is 16.3. The molecule has 0 aliphatic carbocycles. The Morgan fingerprint density at radius 1 is 1.32 bits per heavy atom. The average molecular weight is 255 g/mol. The summed E-state index contributed by atoms with van der Waals surface area (Å²) in [4.78, 5) is 0. The number of hydrogen-bond donors (Lipinski definition) is 1. The molecule has 1 aromatic carbocycles. The highest BCUT2D eigenvalue weighted by atomic mass is 16.5. The first-order valence-corrected chi connectivity index (χ1v) is 6.91. The van der Waals surface area contributed by atoms with Gasteiger partial charge in [0.1, 0.15) is 5.75 Å². The molecule has 2 aliphatic rings. The minimum Gasteiger partial charge on any atom is -0.493 e. The minimum absolute atomic E-state index is 0.503. The molecule has 98 valence electrons. The Balaban J connectivity index is 1.88. The Kier molecular flexibility index (Phi) is 2.38. The SMILES string of the molecule is NCc1nn2c(c1-c1ccc3c(c1)CCO3)CCC2. The van der Waals surface area contributed by atoms with Crippen molar-refractivity contribution in [3.63, 3.8) is 0 Å². The second kappa shape index (κ2) is 4.10. The number of nitrogens with zero attached hydrogens (tertiary/aromatic N) is 2. The Bertz CT molecular complexity index is 645. The monoisotopic (exact) mass is 255 g/mol. The van der Waals surface area contributed by atoms with E-state index in [0.717, 1.165) is 37.4 Å². The molecule has 4 heteroatoms. The summed E-state index contributed by atoms with van der Waals surface area (Å²) in [5, 5.41) is 4.64. The third-order valence-corrected chi connectivity index (χ3v) is 4.09. The van der Waals surface area contributed by atoms with Crippen LogP contribution < -0.4 is 10.5 Å². The molecule has 0 spiro atoms. The molecule has 1 aromatic heterocycles. The number of nitrogens with two attached hydrogens (primary N) is 1. The predicted octanol–water partition coefficient (Wildman–Crippen LogP) is 1.89. The zero-order valence-corrected chi connectivity index (χ0v) is 10.9. The van der Waals surface area contributed by atoms with Gasteiger partial charge in [0.05, 0.1) is 12.3 Å². The van der Waals surface area contributed by atoms with E-state index in [9.17, 15) is 0 Å². The number of fused-ring (bicyclic) bond motifs is 2. The molecule has 2 aromatic rings. The molecule has 4 nitrogen and oxygen atoms in total. The summed E-state index contributed by atoms with van der Waals surface area (Å²) >= 11 is 0. The summed E-state index contributed by atoms with van der Waals surface area (Å²) < 4.78 is 7.70. The molecule has 19 heavy (non-hydrogen) atoms. The molecule has 4 rings (SSSR count). The number of aromatic nitrogens is 2. The van der Waals surface area contributed by atoms with Gasteiger partial charge >= 0.3 is 0 Å². The third-order valence-electron chi connectivity index (χ3n) is 4.09. The van der Waals surface area contributed by atoms with Crippen LogP contribution in [0.4, 0.5) is 0 Å². The van der Waals surface area contributed by atoms with Crippen molar-refractivity contribution in [1.82, 2.24) is 9.78 Å². The third kappa shape index (κ3) is 1.60. The van der Waals surface area contributed by atoms with E-state index in [2.05, 4.69) is 28.0 Å². The van der Waals surface area contributed by atoms with Crippen LogP contribution in [0.1, 0.15) is 23.4 Å². The molecule has 0 fully saturated rings. The first-order valence-electron chi connectivity index (χ1n) is 6.91. The lowest BCUT2D eigenvalue weighted by Crippen LogP contribution is -2.01. The molecule has 2 N–H and O–H groups in total. The maximum Gasteiger partial charge on any atom is 0.122 e. The van der Waals surface area contributed by atoms with Crippen LogP contribution in [-0.2, 0) is 25.9 Å². The van der Waals surface area contributed by atoms with Crippen molar-refractivity contribution >= 4 is 0 Å². The van der Waals surface area contributed by atoms with E-state index in [-0.39, 0.29) is 0 Å². The summed E-state index contributed by atoms with van der Waals surface area (Å²) in [6.07, 6.45) is 3.30. The zero-order valence-electron chi connectivity index (χ0n) is 10.9. The van der Waals surface area contributed by atoms with Gasteiger partial charge in [0, 0.05) is 30.8 Å². The molecule has 0 saturated heterocycles. The van der Waals surface area contributed by atoms with E-state index >= 15 is 0 Å². The molecule has 3 heterocycles. The zero-order chi connectivity index (χ0) is 12.8. The first kappa shape index (κ1) is 11.1. The van der Waals surface area contributed by atoms with Gasteiger partial charge in [-0.25, -0.2) is 0 Å². The van der Waals surface area contributed by atoms with Crippen molar-refractivity contribution < 1.29 is 4.74 Å². The second-order valence-electron chi connectivity index (χ2n) is 5.22. The topological polar surface area (TPSA) is 53.1 Å². The number of aryl methyl sites for hydroxylation is 1. The van der Waals surface area contributed by atoms with Crippen molar-refractivity contribution in [2.24, 2.45) is 5.73 Å². The van der Waals surface area contributed by atoms with Crippen molar-refractivity contribution in [3.8, 4) is 16.9 Å². The Morgan fingerprint density at radius 2 is 2.26 bits per heavy atom. The van der Waals surface area contributed by atoms with Crippen LogP contribution in [-0.4, -0.2) is 16.4 Å². The Labute approximate surface area is 112 Å². The number of rotatable bonds is 2. The Morgan fingerprint density at radius 3 is 3.16 bits per heavy atom. The van der Waals surface area contributed by atoms with E-state index < -0.39 is 0 Å². The van der Waals surface area contributed by atoms with Gasteiger partial charge in [0.15, 0.2) is 0 Å². The number of hydrogen-bond acceptors (Lipinski definition) is 3. The van der Waals surface area contributed by atoms with Gasteiger partial charge in [-0.15, -0.1) is 0 Å². The van der Waals surface area contributed by atoms with E-state index in [1.165, 1.54) is 28.8 Å². The van der Waals surface area contributed by atoms with Crippen molar-refractivity contribution in [2.45, 2.75) is 32.4 Å². The predicted molar refractivity (Wildman–Crippen MR) is 73.1 cm³/mol. The van der Waals surface area contributed by atoms with Crippen molar-refractivity contribution in [1.29, 1.82) is 0 Å². The van der Waals surface area contributed by atoms with E-state index in [0.29, 0.717) is 6.54 Å². The largest absolute Gasteiger partial charge is 0.493 e. The molecular weight excluding hydrogens is 238 g/mol. The van der Waals surface area contributed by atoms with Crippen molar-refractivity contribution in [2.75, 3.05) is 6.61 Å². The van der Waals surface area contributed by atoms with Gasteiger partial charge in [-0.1, -0.05) is 6.07 Å². The maximum atomic E-state index is 5.86. The first-order chi connectivity index (χ1) is 9.36. The fraction of sp³-hybridized carbons (Fsp3) is 0.400. The van der Waals surface area contributed by atoms with Crippen LogP contribution in [0.2, 0.25) is 0 Å². The fourth-order valence-corrected chi connectivity index (χ4v) is 3.21. The van der Waals surface area contributed by atoms with Gasteiger partial charge in [-0.2, -0.15) is 5.10 Å². The second-order valence-corrected chi connectivity index (χ2v) is 5.22. The van der Waals surface area contributed by atoms with Crippen LogP contribution in [0.15, 0.2) is 18.2 Å². The van der Waals surface area contributed by atoms with Gasteiger partial charge in [-0.05, 0) is 36.1 Å². The quantitative estimate of drug-likeness (QED) is 0.891. The molecule has 0 amide bonds. The smallest absolute Gasteiger partial charge is 0.122 e. The number of ether oxygens (including phenoxy) is 1. The summed E-state index contributed by atoms with van der Waals surface area (Å²) in [7, 11) is 0. The van der Waals surface area contributed by atoms with Gasteiger partial charge < -0.3 is 10.5 Å². The van der Waals surface area contributed by atoms with Crippen LogP contribution in [0.5, 0.6) is 5.75 Å². The van der Waals surface area contributed by atoms with Crippen LogP contribution in [0, 0.1) is 0 Å². The van der Waals surface area contributed by atoms with Gasteiger partial charge in [-0.3, -0.25) is 4.68 Å². The summed E-state index contributed by atoms with van der Waals surface area (Å²) in [5.74, 6) is 1.03. The van der Waals surface area contributed by atoms with Gasteiger partial charge in [0.2, 0.25) is 0 Å². The lowest BCUT2D eigenvalue weighted by molar-refractivity contribution is 0.357. The molecule has 0 saturated carbocycles. The van der Waals surface area contributed by atoms with Crippen molar-refractivity contribution in [3.05, 3.63) is 35.2 Å². The van der Waals surface area contributed by atoms with Crippen LogP contribution in [0.3, 0.4) is 0 Å².